The second-order valence-corrected chi connectivity index (χ2v) is 10.9. The van der Waals surface area contributed by atoms with Crippen LogP contribution in [0.1, 0.15) is 165 Å². The molecule has 1 fully saturated rings. The van der Waals surface area contributed by atoms with E-state index in [1.165, 1.54) is 90.3 Å². The molecule has 0 unspecified atom stereocenters. The van der Waals surface area contributed by atoms with Crippen LogP contribution in [0.3, 0.4) is 0 Å². The van der Waals surface area contributed by atoms with Crippen LogP contribution in [0.5, 0.6) is 0 Å². The minimum atomic E-state index is 1.04. The standard InChI is InChI=1S/C16H18.C10H16.C7H14.C5H12.3C2H6/c1-4-14-9-8-13(3)16(11-14)15-7-5-6-12(2)10-15;1-6-9(5)10(7-2)8(3)4;1-7-5-3-2-4-6-7;1-3-5-4-2;3*1-2/h5-11H,4H2,1-3H3;6-7H,3H2,1-2,4-5H3;7H,2-6H2,1H3;3-5H2,1-2H3;3*1-2H3/b;9-6-,10-7-;;;;;. The summed E-state index contributed by atoms with van der Waals surface area (Å²) in [5, 5.41) is 0. The number of benzene rings is 2. The molecule has 0 spiro atoms. The highest BCUT2D eigenvalue weighted by Gasteiger charge is 2.06. The fourth-order valence-electron chi connectivity index (χ4n) is 4.64. The zero-order valence-corrected chi connectivity index (χ0v) is 32.8. The molecule has 0 aliphatic heterocycles. The van der Waals surface area contributed by atoms with E-state index >= 15 is 0 Å². The van der Waals surface area contributed by atoms with Crippen LogP contribution in [-0.2, 0) is 6.42 Å². The normalized spacial score (nSPS) is 12.3. The van der Waals surface area contributed by atoms with Crippen LogP contribution in [-0.4, -0.2) is 0 Å². The summed E-state index contributed by atoms with van der Waals surface area (Å²) < 4.78 is 0. The third kappa shape index (κ3) is 25.0. The summed E-state index contributed by atoms with van der Waals surface area (Å²) in [4.78, 5) is 0. The number of aryl methyl sites for hydroxylation is 3. The average molecular weight is 607 g/mol. The number of hydrogen-bond acceptors (Lipinski definition) is 0. The van der Waals surface area contributed by atoms with Gasteiger partial charge in [-0.25, -0.2) is 0 Å². The smallest absolute Gasteiger partial charge is 0.0152 e. The van der Waals surface area contributed by atoms with Crippen LogP contribution in [0, 0.1) is 19.8 Å². The van der Waals surface area contributed by atoms with Gasteiger partial charge in [-0.3, -0.25) is 0 Å². The molecule has 3 rings (SSSR count). The summed E-state index contributed by atoms with van der Waals surface area (Å²) >= 11 is 0. The van der Waals surface area contributed by atoms with Gasteiger partial charge in [0.15, 0.2) is 0 Å². The van der Waals surface area contributed by atoms with Gasteiger partial charge in [-0.05, 0) is 87.3 Å². The van der Waals surface area contributed by atoms with Gasteiger partial charge in [0.05, 0.1) is 0 Å². The summed E-state index contributed by atoms with van der Waals surface area (Å²) in [7, 11) is 0. The van der Waals surface area contributed by atoms with Crippen molar-refractivity contribution in [2.75, 3.05) is 0 Å². The summed E-state index contributed by atoms with van der Waals surface area (Å²) in [6, 6.07) is 15.5. The second kappa shape index (κ2) is 35.1. The number of rotatable bonds is 6. The quantitative estimate of drug-likeness (QED) is 0.287. The molecular formula is C44H78. The number of unbranched alkanes of at least 4 members (excludes halogenated alkanes) is 2. The zero-order chi connectivity index (χ0) is 34.9. The number of hydrogen-bond donors (Lipinski definition) is 0. The Kier molecular flexibility index (Phi) is 38.8. The molecule has 0 aromatic heterocycles. The Balaban J connectivity index is -0.000000247. The van der Waals surface area contributed by atoms with Gasteiger partial charge in [-0.2, -0.15) is 0 Å². The molecule has 2 aromatic rings. The van der Waals surface area contributed by atoms with Gasteiger partial charge < -0.3 is 0 Å². The van der Waals surface area contributed by atoms with Gasteiger partial charge in [0.25, 0.3) is 0 Å². The molecule has 0 heteroatoms. The first-order valence-corrected chi connectivity index (χ1v) is 18.3. The van der Waals surface area contributed by atoms with E-state index in [1.807, 2.05) is 62.3 Å². The first kappa shape index (κ1) is 48.6. The third-order valence-electron chi connectivity index (χ3n) is 7.25. The lowest BCUT2D eigenvalue weighted by molar-refractivity contribution is 0.385. The molecule has 0 atom stereocenters. The number of allylic oxidation sites excluding steroid dienone is 5. The minimum Gasteiger partial charge on any atom is -0.0955 e. The summed E-state index contributed by atoms with van der Waals surface area (Å²) in [6.45, 7) is 37.4. The molecular weight excluding hydrogens is 528 g/mol. The SMILES string of the molecule is C=C(C)C(=C/C)/C(C)=C\C.CC.CC.CC.CC1CCCCC1.CCCCC.CCc1ccc(C)c(-c2cccc(C)c2)c1. The molecule has 1 aliphatic rings. The van der Waals surface area contributed by atoms with E-state index in [2.05, 4.69) is 110 Å². The first-order valence-electron chi connectivity index (χ1n) is 18.3. The summed E-state index contributed by atoms with van der Waals surface area (Å²) in [6.07, 6.45) is 16.8. The van der Waals surface area contributed by atoms with E-state index < -0.39 is 0 Å². The molecule has 0 N–H and O–H groups in total. The van der Waals surface area contributed by atoms with Crippen LogP contribution >= 0.6 is 0 Å². The molecule has 254 valence electrons. The molecule has 1 saturated carbocycles. The van der Waals surface area contributed by atoms with Crippen molar-refractivity contribution in [3.63, 3.8) is 0 Å². The molecule has 0 heterocycles. The highest BCUT2D eigenvalue weighted by molar-refractivity contribution is 5.68. The van der Waals surface area contributed by atoms with Gasteiger partial charge in [0.2, 0.25) is 0 Å². The van der Waals surface area contributed by atoms with Crippen molar-refractivity contribution < 1.29 is 0 Å². The summed E-state index contributed by atoms with van der Waals surface area (Å²) in [5.74, 6) is 1.04. The molecule has 2 aromatic carbocycles. The van der Waals surface area contributed by atoms with Gasteiger partial charge >= 0.3 is 0 Å². The van der Waals surface area contributed by atoms with Crippen molar-refractivity contribution in [2.45, 2.75) is 169 Å². The predicted octanol–water partition coefficient (Wildman–Crippen LogP) is 15.9. The molecule has 0 nitrogen and oxygen atoms in total. The van der Waals surface area contributed by atoms with Crippen LogP contribution in [0.25, 0.3) is 11.1 Å². The lowest BCUT2D eigenvalue weighted by atomic mass is 9.91. The van der Waals surface area contributed by atoms with E-state index in [0.717, 1.165) is 17.9 Å². The van der Waals surface area contributed by atoms with E-state index in [1.54, 1.807) is 0 Å². The largest absolute Gasteiger partial charge is 0.0955 e. The van der Waals surface area contributed by atoms with E-state index in [9.17, 15) is 0 Å². The monoisotopic (exact) mass is 607 g/mol. The Hall–Kier alpha value is -2.34. The average Bonchev–Trinajstić information content (AvgIpc) is 3.06. The fourth-order valence-corrected chi connectivity index (χ4v) is 4.64. The van der Waals surface area contributed by atoms with Crippen LogP contribution in [0.4, 0.5) is 0 Å². The van der Waals surface area contributed by atoms with Crippen molar-refractivity contribution in [3.05, 3.63) is 94.6 Å². The van der Waals surface area contributed by atoms with Crippen LogP contribution in [0.2, 0.25) is 0 Å². The minimum absolute atomic E-state index is 1.04. The van der Waals surface area contributed by atoms with Crippen molar-refractivity contribution in [2.24, 2.45) is 5.92 Å². The Bertz CT molecular complexity index is 961. The topological polar surface area (TPSA) is 0 Å². The van der Waals surface area contributed by atoms with E-state index in [0.29, 0.717) is 0 Å². The summed E-state index contributed by atoms with van der Waals surface area (Å²) in [5.41, 5.74) is 10.5. The Morgan fingerprint density at radius 3 is 1.64 bits per heavy atom. The van der Waals surface area contributed by atoms with Crippen molar-refractivity contribution in [1.82, 2.24) is 0 Å². The Morgan fingerprint density at radius 1 is 0.773 bits per heavy atom. The van der Waals surface area contributed by atoms with Gasteiger partial charge in [-0.1, -0.05) is 193 Å². The zero-order valence-electron chi connectivity index (χ0n) is 32.8. The molecule has 0 saturated heterocycles. The van der Waals surface area contributed by atoms with Gasteiger partial charge in [-0.15, -0.1) is 0 Å². The molecule has 0 bridgehead atoms. The lowest BCUT2D eigenvalue weighted by Gasteiger charge is -2.15. The van der Waals surface area contributed by atoms with Crippen LogP contribution in [0.15, 0.2) is 77.9 Å². The maximum Gasteiger partial charge on any atom is -0.0152 e. The third-order valence-corrected chi connectivity index (χ3v) is 7.25. The van der Waals surface area contributed by atoms with Gasteiger partial charge in [0.1, 0.15) is 0 Å². The Morgan fingerprint density at radius 2 is 1.32 bits per heavy atom. The second-order valence-electron chi connectivity index (χ2n) is 10.9. The molecule has 0 radical (unpaired) electrons. The Labute approximate surface area is 279 Å². The lowest BCUT2D eigenvalue weighted by Crippen LogP contribution is -1.99. The highest BCUT2D eigenvalue weighted by atomic mass is 14.1. The maximum absolute atomic E-state index is 3.89. The molecule has 0 amide bonds. The fraction of sp³-hybridized carbons (Fsp3) is 0.591. The van der Waals surface area contributed by atoms with Crippen molar-refractivity contribution in [3.8, 4) is 11.1 Å². The van der Waals surface area contributed by atoms with Crippen molar-refractivity contribution >= 4 is 0 Å². The van der Waals surface area contributed by atoms with Crippen LogP contribution < -0.4 is 0 Å². The molecule has 44 heavy (non-hydrogen) atoms. The van der Waals surface area contributed by atoms with E-state index in [4.69, 9.17) is 0 Å². The maximum atomic E-state index is 3.89. The molecule has 1 aliphatic carbocycles. The first-order chi connectivity index (χ1) is 21.1. The van der Waals surface area contributed by atoms with Gasteiger partial charge in [0, 0.05) is 0 Å². The van der Waals surface area contributed by atoms with Crippen molar-refractivity contribution in [1.29, 1.82) is 0 Å². The van der Waals surface area contributed by atoms with E-state index in [-0.39, 0.29) is 0 Å². The highest BCUT2D eigenvalue weighted by Crippen LogP contribution is 2.25. The predicted molar refractivity (Wildman–Crippen MR) is 210 cm³/mol.